The molecule has 0 bridgehead atoms. The zero-order valence-electron chi connectivity index (χ0n) is 26.9. The topological polar surface area (TPSA) is 106 Å². The van der Waals surface area contributed by atoms with Crippen molar-refractivity contribution in [2.24, 2.45) is 0 Å². The number of hydrogen-bond donors (Lipinski definition) is 1. The molecule has 8 nitrogen and oxygen atoms in total. The highest BCUT2D eigenvalue weighted by Crippen LogP contribution is 2.44. The number of benzene rings is 2. The number of alkyl halides is 6. The van der Waals surface area contributed by atoms with E-state index in [9.17, 15) is 41.0 Å². The zero-order chi connectivity index (χ0) is 36.2. The maximum Gasteiger partial charge on any atom is 0.416 e. The quantitative estimate of drug-likeness (QED) is 0.114. The number of aromatic carboxylic acids is 1. The fraction of sp³-hybridized carbons (Fsp3) is 0.364. The Hall–Kier alpha value is -4.18. The molecule has 16 heteroatoms. The van der Waals surface area contributed by atoms with Crippen LogP contribution in [0.1, 0.15) is 77.8 Å². The Bertz CT molecular complexity index is 1910. The van der Waals surface area contributed by atoms with E-state index >= 15 is 0 Å². The highest BCUT2D eigenvalue weighted by Gasteiger charge is 2.44. The molecule has 1 amide bonds. The number of rotatable bonds is 7. The molecule has 2 aromatic heterocycles. The molecular weight excluding hydrogens is 695 g/mol. The van der Waals surface area contributed by atoms with Crippen molar-refractivity contribution in [3.05, 3.63) is 81.8 Å². The lowest BCUT2D eigenvalue weighted by molar-refractivity contribution is -0.143. The lowest BCUT2D eigenvalue weighted by atomic mass is 9.89. The number of carbonyl (C=O) groups is 2. The minimum absolute atomic E-state index is 0.0257. The summed E-state index contributed by atoms with van der Waals surface area (Å²) in [5.41, 5.74) is -0.863. The minimum Gasteiger partial charge on any atom is -0.478 e. The molecule has 1 aliphatic heterocycles. The molecule has 1 fully saturated rings. The van der Waals surface area contributed by atoms with Gasteiger partial charge in [-0.2, -0.15) is 26.3 Å². The van der Waals surface area contributed by atoms with Crippen LogP contribution in [0, 0.1) is 6.92 Å². The van der Waals surface area contributed by atoms with Gasteiger partial charge in [0.25, 0.3) is 0 Å². The minimum atomic E-state index is -5.07. The van der Waals surface area contributed by atoms with Crippen LogP contribution in [0.25, 0.3) is 21.0 Å². The molecule has 0 saturated carbocycles. The summed E-state index contributed by atoms with van der Waals surface area (Å²) in [7, 11) is 0. The lowest BCUT2D eigenvalue weighted by Crippen LogP contribution is -2.32. The normalized spacial score (nSPS) is 17.1. The molecule has 4 aromatic rings. The van der Waals surface area contributed by atoms with Crippen LogP contribution in [0.2, 0.25) is 0 Å². The van der Waals surface area contributed by atoms with Gasteiger partial charge in [-0.25, -0.2) is 24.5 Å². The highest BCUT2D eigenvalue weighted by molar-refractivity contribution is 7.98. The summed E-state index contributed by atoms with van der Waals surface area (Å²) in [6.07, 6.45) is -9.16. The van der Waals surface area contributed by atoms with Crippen molar-refractivity contribution in [3.8, 4) is 21.0 Å². The highest BCUT2D eigenvalue weighted by atomic mass is 32.2. The van der Waals surface area contributed by atoms with Gasteiger partial charge < -0.3 is 9.84 Å². The Morgan fingerprint density at radius 3 is 2.16 bits per heavy atom. The summed E-state index contributed by atoms with van der Waals surface area (Å²) >= 11 is 2.56. The number of aryl methyl sites for hydroxylation is 1. The molecule has 1 saturated heterocycles. The molecule has 2 aromatic carbocycles. The average Bonchev–Trinajstić information content (AvgIpc) is 3.57. The molecule has 5 rings (SSSR count). The van der Waals surface area contributed by atoms with Crippen molar-refractivity contribution in [3.63, 3.8) is 0 Å². The Balaban J connectivity index is 1.57. The summed E-state index contributed by atoms with van der Waals surface area (Å²) in [5.74, 6) is -1.06. The number of thiazole rings is 1. The third kappa shape index (κ3) is 7.39. The van der Waals surface area contributed by atoms with Crippen molar-refractivity contribution in [1.29, 1.82) is 0 Å². The van der Waals surface area contributed by atoms with E-state index in [-0.39, 0.29) is 18.2 Å². The molecule has 0 spiro atoms. The van der Waals surface area contributed by atoms with Crippen molar-refractivity contribution in [2.45, 2.75) is 76.2 Å². The van der Waals surface area contributed by atoms with Crippen LogP contribution < -0.4 is 0 Å². The average molecular weight is 725 g/mol. The molecule has 0 unspecified atom stereocenters. The summed E-state index contributed by atoms with van der Waals surface area (Å²) in [4.78, 5) is 40.7. The van der Waals surface area contributed by atoms with E-state index in [4.69, 9.17) is 9.72 Å². The van der Waals surface area contributed by atoms with Crippen molar-refractivity contribution in [1.82, 2.24) is 19.9 Å². The van der Waals surface area contributed by atoms with Crippen LogP contribution in [0.4, 0.5) is 31.1 Å². The van der Waals surface area contributed by atoms with Crippen LogP contribution in [-0.2, 0) is 29.0 Å². The monoisotopic (exact) mass is 724 g/mol. The predicted molar refractivity (Wildman–Crippen MR) is 171 cm³/mol. The smallest absolute Gasteiger partial charge is 0.416 e. The molecule has 0 aliphatic carbocycles. The number of nitrogens with zero attached hydrogens (tertiary/aromatic N) is 4. The van der Waals surface area contributed by atoms with Crippen molar-refractivity contribution >= 4 is 35.2 Å². The Labute approximate surface area is 285 Å². The number of amides is 1. The molecule has 1 aliphatic rings. The number of halogens is 6. The SMILES string of the molecule is CSc1ncc(-c2sc(-c3ccc(C(=O)O)cc3C)nc2C(C)(C)C)c(CN2C(=O)O[C@H](c3cc(C(F)(F)F)cc(C(F)(F)F)c3)[C@@H]2C)n1. The molecule has 260 valence electrons. The maximum atomic E-state index is 13.6. The number of carbonyl (C=O) groups excluding carboxylic acids is 1. The number of carboxylic acids is 1. The van der Waals surface area contributed by atoms with E-state index in [1.807, 2.05) is 20.8 Å². The fourth-order valence-electron chi connectivity index (χ4n) is 5.43. The van der Waals surface area contributed by atoms with Crippen LogP contribution in [0.5, 0.6) is 0 Å². The van der Waals surface area contributed by atoms with Crippen LogP contribution in [-0.4, -0.2) is 49.3 Å². The van der Waals surface area contributed by atoms with Crippen LogP contribution in [0.3, 0.4) is 0 Å². The number of ether oxygens (including phenoxy) is 1. The molecular formula is C33H30F6N4O4S2. The van der Waals surface area contributed by atoms with E-state index in [1.165, 1.54) is 41.0 Å². The van der Waals surface area contributed by atoms with Gasteiger partial charge in [-0.15, -0.1) is 11.3 Å². The molecule has 3 heterocycles. The second-order valence-electron chi connectivity index (χ2n) is 12.5. The van der Waals surface area contributed by atoms with Gasteiger partial charge in [0.15, 0.2) is 5.16 Å². The van der Waals surface area contributed by atoms with E-state index < -0.39 is 58.7 Å². The van der Waals surface area contributed by atoms with Crippen molar-refractivity contribution < 1.29 is 45.8 Å². The standard InChI is InChI=1S/C33H30F6N4O4S2/c1-15-9-17(28(44)45)7-8-21(15)27-42-26(31(3,4)5)25(49-27)22-13-40-29(48-6)41-23(22)14-43-16(2)24(47-30(43)46)18-10-19(32(34,35)36)12-20(11-18)33(37,38)39/h7-13,16,24H,14H2,1-6H3,(H,44,45)/t16-,24-/m0/s1. The summed E-state index contributed by atoms with van der Waals surface area (Å²) in [5, 5.41) is 10.4. The summed E-state index contributed by atoms with van der Waals surface area (Å²) in [6, 6.07) is 4.90. The Kier molecular flexibility index (Phi) is 9.53. The van der Waals surface area contributed by atoms with E-state index in [0.717, 1.165) is 0 Å². The molecule has 2 atom stereocenters. The molecule has 1 N–H and O–H groups in total. The second kappa shape index (κ2) is 12.9. The van der Waals surface area contributed by atoms with Gasteiger partial charge in [-0.1, -0.05) is 38.6 Å². The number of hydrogen-bond acceptors (Lipinski definition) is 8. The summed E-state index contributed by atoms with van der Waals surface area (Å²) < 4.78 is 87.1. The first-order valence-corrected chi connectivity index (χ1v) is 16.8. The van der Waals surface area contributed by atoms with Gasteiger partial charge >= 0.3 is 24.4 Å². The fourth-order valence-corrected chi connectivity index (χ4v) is 7.19. The third-order valence-corrected chi connectivity index (χ3v) is 9.65. The largest absolute Gasteiger partial charge is 0.478 e. The van der Waals surface area contributed by atoms with Gasteiger partial charge in [0.05, 0.1) is 45.5 Å². The van der Waals surface area contributed by atoms with Gasteiger partial charge in [0, 0.05) is 22.7 Å². The van der Waals surface area contributed by atoms with Crippen molar-refractivity contribution in [2.75, 3.05) is 6.26 Å². The first kappa shape index (κ1) is 36.1. The Morgan fingerprint density at radius 1 is 1.00 bits per heavy atom. The van der Waals surface area contributed by atoms with Gasteiger partial charge in [0.2, 0.25) is 0 Å². The molecule has 49 heavy (non-hydrogen) atoms. The zero-order valence-corrected chi connectivity index (χ0v) is 28.6. The van der Waals surface area contributed by atoms with E-state index in [2.05, 4.69) is 9.97 Å². The van der Waals surface area contributed by atoms with Gasteiger partial charge in [-0.3, -0.25) is 4.90 Å². The lowest BCUT2D eigenvalue weighted by Gasteiger charge is -2.23. The number of carboxylic acid groups (broad SMARTS) is 1. The molecule has 0 radical (unpaired) electrons. The van der Waals surface area contributed by atoms with Gasteiger partial charge in [0.1, 0.15) is 11.1 Å². The van der Waals surface area contributed by atoms with E-state index in [0.29, 0.717) is 55.3 Å². The number of thioether (sulfide) groups is 1. The van der Waals surface area contributed by atoms with Crippen LogP contribution in [0.15, 0.2) is 47.8 Å². The van der Waals surface area contributed by atoms with E-state index in [1.54, 1.807) is 31.5 Å². The van der Waals surface area contributed by atoms with Gasteiger partial charge in [-0.05, 0) is 61.6 Å². The first-order valence-electron chi connectivity index (χ1n) is 14.7. The summed E-state index contributed by atoms with van der Waals surface area (Å²) in [6.45, 7) is 8.94. The number of cyclic esters (lactones) is 1. The third-order valence-electron chi connectivity index (χ3n) is 7.96. The maximum absolute atomic E-state index is 13.6. The van der Waals surface area contributed by atoms with Crippen LogP contribution >= 0.6 is 23.1 Å². The Morgan fingerprint density at radius 2 is 1.63 bits per heavy atom. The first-order chi connectivity index (χ1) is 22.7. The number of aromatic nitrogens is 3. The predicted octanol–water partition coefficient (Wildman–Crippen LogP) is 9.41. The second-order valence-corrected chi connectivity index (χ2v) is 14.3.